The third-order valence-corrected chi connectivity index (χ3v) is 4.27. The maximum Gasteiger partial charge on any atom is 0.172 e. The molecular formula is C15H23N3O2. The Hall–Kier alpha value is -1.91. The Morgan fingerprint density at radius 1 is 1.45 bits per heavy atom. The summed E-state index contributed by atoms with van der Waals surface area (Å²) in [5, 5.41) is 12.1. The third kappa shape index (κ3) is 2.66. The lowest BCUT2D eigenvalue weighted by Crippen LogP contribution is -2.43. The summed E-state index contributed by atoms with van der Waals surface area (Å²) in [6.45, 7) is 5.46. The second-order valence-electron chi connectivity index (χ2n) is 5.42. The van der Waals surface area contributed by atoms with E-state index < -0.39 is 0 Å². The summed E-state index contributed by atoms with van der Waals surface area (Å²) < 4.78 is 5.31. The van der Waals surface area contributed by atoms with Crippen LogP contribution in [0.4, 0.5) is 5.69 Å². The van der Waals surface area contributed by atoms with Gasteiger partial charge in [-0.25, -0.2) is 0 Å². The van der Waals surface area contributed by atoms with Crippen molar-refractivity contribution in [1.29, 1.82) is 0 Å². The van der Waals surface area contributed by atoms with Gasteiger partial charge in [-0.1, -0.05) is 12.1 Å². The van der Waals surface area contributed by atoms with E-state index in [1.54, 1.807) is 7.11 Å². The molecule has 0 saturated carbocycles. The summed E-state index contributed by atoms with van der Waals surface area (Å²) in [5.74, 6) is 1.53. The highest BCUT2D eigenvalue weighted by Gasteiger charge is 2.27. The molecular weight excluding hydrogens is 254 g/mol. The Morgan fingerprint density at radius 2 is 2.20 bits per heavy atom. The molecule has 5 heteroatoms. The van der Waals surface area contributed by atoms with Crippen molar-refractivity contribution in [1.82, 2.24) is 0 Å². The van der Waals surface area contributed by atoms with E-state index in [0.29, 0.717) is 12.0 Å². The minimum absolute atomic E-state index is 0.132. The molecule has 0 aromatic heterocycles. The van der Waals surface area contributed by atoms with Gasteiger partial charge in [-0.2, -0.15) is 0 Å². The maximum atomic E-state index is 8.97. The fourth-order valence-electron chi connectivity index (χ4n) is 2.82. The second-order valence-corrected chi connectivity index (χ2v) is 5.42. The number of nitrogens with zero attached hydrogens (tertiary/aromatic N) is 2. The summed E-state index contributed by atoms with van der Waals surface area (Å²) in [7, 11) is 1.64. The largest absolute Gasteiger partial charge is 0.497 e. The van der Waals surface area contributed by atoms with Crippen LogP contribution in [0.2, 0.25) is 0 Å². The van der Waals surface area contributed by atoms with Gasteiger partial charge in [-0.3, -0.25) is 0 Å². The van der Waals surface area contributed by atoms with Crippen molar-refractivity contribution < 1.29 is 9.94 Å². The first-order valence-corrected chi connectivity index (χ1v) is 7.01. The molecule has 1 fully saturated rings. The van der Waals surface area contributed by atoms with Crippen LogP contribution in [-0.2, 0) is 0 Å². The van der Waals surface area contributed by atoms with E-state index in [2.05, 4.69) is 23.9 Å². The standard InChI is InChI=1S/C15H23N3O2/c1-10-5-4-8-18(11(10)2)14-9-12(20-3)6-7-13(14)15(16)17-19/h6-7,9-11,19H,4-5,8H2,1-3H3,(H2,16,17). The normalized spacial score (nSPS) is 23.8. The zero-order valence-electron chi connectivity index (χ0n) is 12.3. The fourth-order valence-corrected chi connectivity index (χ4v) is 2.82. The van der Waals surface area contributed by atoms with Crippen LogP contribution >= 0.6 is 0 Å². The van der Waals surface area contributed by atoms with E-state index >= 15 is 0 Å². The molecule has 3 N–H and O–H groups in total. The smallest absolute Gasteiger partial charge is 0.172 e. The highest BCUT2D eigenvalue weighted by atomic mass is 16.5. The lowest BCUT2D eigenvalue weighted by atomic mass is 9.91. The van der Waals surface area contributed by atoms with Crippen molar-refractivity contribution in [3.8, 4) is 5.75 Å². The summed E-state index contributed by atoms with van der Waals surface area (Å²) >= 11 is 0. The highest BCUT2D eigenvalue weighted by molar-refractivity contribution is 6.02. The number of anilines is 1. The molecule has 1 heterocycles. The van der Waals surface area contributed by atoms with Crippen LogP contribution in [0.5, 0.6) is 5.75 Å². The molecule has 0 radical (unpaired) electrons. The van der Waals surface area contributed by atoms with Crippen LogP contribution in [0.25, 0.3) is 0 Å². The number of methoxy groups -OCH3 is 1. The Morgan fingerprint density at radius 3 is 2.85 bits per heavy atom. The van der Waals surface area contributed by atoms with Crippen LogP contribution in [0.1, 0.15) is 32.3 Å². The number of hydrogen-bond donors (Lipinski definition) is 2. The van der Waals surface area contributed by atoms with Crippen molar-refractivity contribution in [2.75, 3.05) is 18.6 Å². The first-order chi connectivity index (χ1) is 9.58. The van der Waals surface area contributed by atoms with Crippen LogP contribution in [0, 0.1) is 5.92 Å². The summed E-state index contributed by atoms with van der Waals surface area (Å²) in [5.41, 5.74) is 7.52. The first-order valence-electron chi connectivity index (χ1n) is 7.01. The molecule has 1 aliphatic rings. The van der Waals surface area contributed by atoms with E-state index in [1.807, 2.05) is 18.2 Å². The fraction of sp³-hybridized carbons (Fsp3) is 0.533. The predicted octanol–water partition coefficient (Wildman–Crippen LogP) is 2.41. The number of benzene rings is 1. The first kappa shape index (κ1) is 14.5. The SMILES string of the molecule is COc1ccc(/C(N)=N/O)c(N2CCCC(C)C2C)c1. The minimum atomic E-state index is 0.132. The van der Waals surface area contributed by atoms with Crippen LogP contribution in [0.15, 0.2) is 23.4 Å². The number of nitrogens with two attached hydrogens (primary N) is 1. The van der Waals surface area contributed by atoms with Crippen LogP contribution in [-0.4, -0.2) is 30.7 Å². The summed E-state index contributed by atoms with van der Waals surface area (Å²) in [4.78, 5) is 2.32. The van der Waals surface area contributed by atoms with Gasteiger partial charge in [-0.15, -0.1) is 0 Å². The van der Waals surface area contributed by atoms with Gasteiger partial charge in [0.2, 0.25) is 0 Å². The second kappa shape index (κ2) is 6.03. The van der Waals surface area contributed by atoms with E-state index in [9.17, 15) is 0 Å². The molecule has 1 aliphatic heterocycles. The van der Waals surface area contributed by atoms with Gasteiger partial charge < -0.3 is 20.6 Å². The van der Waals surface area contributed by atoms with E-state index in [1.165, 1.54) is 6.42 Å². The zero-order valence-corrected chi connectivity index (χ0v) is 12.3. The molecule has 0 bridgehead atoms. The molecule has 1 aromatic rings. The highest BCUT2D eigenvalue weighted by Crippen LogP contribution is 2.33. The van der Waals surface area contributed by atoms with Crippen molar-refractivity contribution >= 4 is 11.5 Å². The van der Waals surface area contributed by atoms with Gasteiger partial charge in [0.1, 0.15) is 5.75 Å². The third-order valence-electron chi connectivity index (χ3n) is 4.27. The molecule has 20 heavy (non-hydrogen) atoms. The quantitative estimate of drug-likeness (QED) is 0.385. The van der Waals surface area contributed by atoms with E-state index in [-0.39, 0.29) is 5.84 Å². The monoisotopic (exact) mass is 277 g/mol. The molecule has 2 rings (SSSR count). The molecule has 2 unspecified atom stereocenters. The Labute approximate surface area is 120 Å². The Kier molecular flexibility index (Phi) is 4.37. The molecule has 2 atom stereocenters. The summed E-state index contributed by atoms with van der Waals surface area (Å²) in [6, 6.07) is 6.05. The molecule has 0 amide bonds. The zero-order chi connectivity index (χ0) is 14.7. The van der Waals surface area contributed by atoms with Gasteiger partial charge in [-0.05, 0) is 37.8 Å². The number of piperidine rings is 1. The lowest BCUT2D eigenvalue weighted by Gasteiger charge is -2.40. The lowest BCUT2D eigenvalue weighted by molar-refractivity contribution is 0.318. The van der Waals surface area contributed by atoms with Crippen molar-refractivity contribution in [3.05, 3.63) is 23.8 Å². The van der Waals surface area contributed by atoms with Gasteiger partial charge in [0, 0.05) is 24.2 Å². The van der Waals surface area contributed by atoms with E-state index in [0.717, 1.165) is 30.0 Å². The van der Waals surface area contributed by atoms with Crippen LogP contribution < -0.4 is 15.4 Å². The molecule has 1 aromatic carbocycles. The average molecular weight is 277 g/mol. The molecule has 5 nitrogen and oxygen atoms in total. The molecule has 1 saturated heterocycles. The minimum Gasteiger partial charge on any atom is -0.497 e. The molecule has 0 aliphatic carbocycles. The maximum absolute atomic E-state index is 8.97. The van der Waals surface area contributed by atoms with Crippen molar-refractivity contribution in [2.45, 2.75) is 32.7 Å². The number of rotatable bonds is 3. The average Bonchev–Trinajstić information content (AvgIpc) is 2.48. The van der Waals surface area contributed by atoms with Crippen molar-refractivity contribution in [3.63, 3.8) is 0 Å². The van der Waals surface area contributed by atoms with Crippen LogP contribution in [0.3, 0.4) is 0 Å². The van der Waals surface area contributed by atoms with E-state index in [4.69, 9.17) is 15.7 Å². The predicted molar refractivity (Wildman–Crippen MR) is 80.7 cm³/mol. The number of oxime groups is 1. The Bertz CT molecular complexity index is 502. The van der Waals surface area contributed by atoms with Gasteiger partial charge in [0.05, 0.1) is 12.8 Å². The topological polar surface area (TPSA) is 71.1 Å². The number of hydrogen-bond acceptors (Lipinski definition) is 4. The Balaban J connectivity index is 2.46. The molecule has 0 spiro atoms. The van der Waals surface area contributed by atoms with Gasteiger partial charge >= 0.3 is 0 Å². The summed E-state index contributed by atoms with van der Waals surface area (Å²) in [6.07, 6.45) is 2.39. The molecule has 110 valence electrons. The van der Waals surface area contributed by atoms with Gasteiger partial charge in [0.25, 0.3) is 0 Å². The van der Waals surface area contributed by atoms with Crippen molar-refractivity contribution in [2.24, 2.45) is 16.8 Å². The van der Waals surface area contributed by atoms with Gasteiger partial charge in [0.15, 0.2) is 5.84 Å². The number of ether oxygens (including phenoxy) is 1. The number of amidine groups is 1.